The number of nitrogens with zero attached hydrogens (tertiary/aromatic N) is 2. The lowest BCUT2D eigenvalue weighted by Crippen LogP contribution is -2.49. The summed E-state index contributed by atoms with van der Waals surface area (Å²) in [6.07, 6.45) is 4.08. The van der Waals surface area contributed by atoms with Crippen molar-refractivity contribution in [3.8, 4) is 0 Å². The van der Waals surface area contributed by atoms with Crippen LogP contribution in [0.4, 0.5) is 0 Å². The Morgan fingerprint density at radius 1 is 1.22 bits per heavy atom. The van der Waals surface area contributed by atoms with Crippen molar-refractivity contribution in [2.24, 2.45) is 11.3 Å². The number of hydrogen-bond acceptors (Lipinski definition) is 4. The topological polar surface area (TPSA) is 59.5 Å². The molecule has 1 aromatic rings. The Bertz CT molecular complexity index is 738. The van der Waals surface area contributed by atoms with E-state index < -0.39 is 0 Å². The van der Waals surface area contributed by atoms with Crippen LogP contribution in [-0.2, 0) is 19.7 Å². The zero-order chi connectivity index (χ0) is 19.2. The number of pyridine rings is 1. The number of piperidine rings is 1. The fourth-order valence-electron chi connectivity index (χ4n) is 4.81. The molecule has 1 spiro atoms. The van der Waals surface area contributed by atoms with Gasteiger partial charge in [0.2, 0.25) is 5.91 Å². The first-order chi connectivity index (χ1) is 12.8. The monoisotopic (exact) mass is 370 g/mol. The summed E-state index contributed by atoms with van der Waals surface area (Å²) in [7, 11) is 0. The lowest BCUT2D eigenvalue weighted by atomic mass is 9.61. The van der Waals surface area contributed by atoms with Crippen LogP contribution in [-0.4, -0.2) is 41.5 Å². The number of amides is 1. The molecule has 0 unspecified atom stereocenters. The first-order valence-corrected chi connectivity index (χ1v) is 10.2. The molecule has 5 heteroatoms. The van der Waals surface area contributed by atoms with Gasteiger partial charge < -0.3 is 9.64 Å². The third kappa shape index (κ3) is 3.61. The molecule has 3 heterocycles. The third-order valence-corrected chi connectivity index (χ3v) is 6.53. The Labute approximate surface area is 161 Å². The molecular weight excluding hydrogens is 340 g/mol. The van der Waals surface area contributed by atoms with Crippen molar-refractivity contribution in [2.45, 2.75) is 64.2 Å². The van der Waals surface area contributed by atoms with Gasteiger partial charge in [0.05, 0.1) is 13.0 Å². The van der Waals surface area contributed by atoms with E-state index in [1.165, 1.54) is 5.69 Å². The average molecular weight is 370 g/mol. The van der Waals surface area contributed by atoms with Gasteiger partial charge in [-0.15, -0.1) is 0 Å². The molecule has 1 amide bonds. The molecule has 3 aliphatic rings. The van der Waals surface area contributed by atoms with Gasteiger partial charge in [0, 0.05) is 47.1 Å². The number of cyclic esters (lactones) is 1. The van der Waals surface area contributed by atoms with Gasteiger partial charge in [-0.2, -0.15) is 0 Å². The van der Waals surface area contributed by atoms with Crippen LogP contribution in [0.5, 0.6) is 0 Å². The predicted octanol–water partition coefficient (Wildman–Crippen LogP) is 3.43. The summed E-state index contributed by atoms with van der Waals surface area (Å²) >= 11 is 0. The molecule has 4 rings (SSSR count). The van der Waals surface area contributed by atoms with Gasteiger partial charge in [-0.1, -0.05) is 26.8 Å². The molecule has 0 aromatic carbocycles. The number of carbonyl (C=O) groups is 2. The van der Waals surface area contributed by atoms with E-state index in [1.807, 2.05) is 4.90 Å². The van der Waals surface area contributed by atoms with Gasteiger partial charge in [0.25, 0.3) is 0 Å². The Hall–Kier alpha value is -1.91. The summed E-state index contributed by atoms with van der Waals surface area (Å²) < 4.78 is 5.11. The second-order valence-electron chi connectivity index (χ2n) is 9.74. The van der Waals surface area contributed by atoms with Crippen molar-refractivity contribution < 1.29 is 14.3 Å². The first kappa shape index (κ1) is 18.5. The highest BCUT2D eigenvalue weighted by Crippen LogP contribution is 2.52. The number of esters is 1. The van der Waals surface area contributed by atoms with E-state index in [2.05, 4.69) is 39.0 Å². The highest BCUT2D eigenvalue weighted by Gasteiger charge is 2.53. The SMILES string of the molecule is CC(C)(C)c1cccc(C2CCN(C(=O)C3CC4(COC(=O)C4)C3)CC2)n1. The number of carbonyl (C=O) groups excluding carboxylic acids is 2. The molecule has 0 radical (unpaired) electrons. The van der Waals surface area contributed by atoms with E-state index in [0.717, 1.165) is 44.5 Å². The average Bonchev–Trinajstić information content (AvgIpc) is 3.02. The lowest BCUT2D eigenvalue weighted by Gasteiger charge is -2.45. The van der Waals surface area contributed by atoms with E-state index in [-0.39, 0.29) is 28.6 Å². The number of likely N-dealkylation sites (tertiary alicyclic amines) is 1. The van der Waals surface area contributed by atoms with E-state index in [1.54, 1.807) is 0 Å². The van der Waals surface area contributed by atoms with Gasteiger partial charge >= 0.3 is 5.97 Å². The van der Waals surface area contributed by atoms with Gasteiger partial charge in [-0.3, -0.25) is 14.6 Å². The molecule has 0 bridgehead atoms. The quantitative estimate of drug-likeness (QED) is 0.749. The molecule has 2 saturated heterocycles. The second kappa shape index (κ2) is 6.61. The van der Waals surface area contributed by atoms with E-state index in [4.69, 9.17) is 9.72 Å². The zero-order valence-electron chi connectivity index (χ0n) is 16.7. The molecule has 146 valence electrons. The van der Waals surface area contributed by atoms with Crippen LogP contribution >= 0.6 is 0 Å². The second-order valence-corrected chi connectivity index (χ2v) is 9.74. The molecule has 5 nitrogen and oxygen atoms in total. The minimum absolute atomic E-state index is 0.0347. The van der Waals surface area contributed by atoms with Crippen molar-refractivity contribution in [2.75, 3.05) is 19.7 Å². The maximum atomic E-state index is 12.8. The van der Waals surface area contributed by atoms with Crippen LogP contribution in [0.3, 0.4) is 0 Å². The van der Waals surface area contributed by atoms with Gasteiger partial charge in [0.1, 0.15) is 0 Å². The minimum atomic E-state index is -0.105. The molecule has 27 heavy (non-hydrogen) atoms. The Morgan fingerprint density at radius 3 is 2.52 bits per heavy atom. The number of ether oxygens (including phenoxy) is 1. The number of rotatable bonds is 2. The smallest absolute Gasteiger partial charge is 0.306 e. The molecule has 3 fully saturated rings. The Balaban J connectivity index is 1.32. The molecule has 0 N–H and O–H groups in total. The molecule has 0 atom stereocenters. The highest BCUT2D eigenvalue weighted by atomic mass is 16.5. The third-order valence-electron chi connectivity index (χ3n) is 6.53. The van der Waals surface area contributed by atoms with Crippen LogP contribution < -0.4 is 0 Å². The van der Waals surface area contributed by atoms with Crippen molar-refractivity contribution >= 4 is 11.9 Å². The molecule has 2 aliphatic heterocycles. The normalized spacial score (nSPS) is 28.9. The molecule has 1 aliphatic carbocycles. The largest absolute Gasteiger partial charge is 0.465 e. The zero-order valence-corrected chi connectivity index (χ0v) is 16.7. The summed E-state index contributed by atoms with van der Waals surface area (Å²) in [4.78, 5) is 31.1. The van der Waals surface area contributed by atoms with Crippen LogP contribution in [0.1, 0.15) is 70.2 Å². The maximum absolute atomic E-state index is 12.8. The van der Waals surface area contributed by atoms with Crippen LogP contribution in [0.25, 0.3) is 0 Å². The first-order valence-electron chi connectivity index (χ1n) is 10.2. The van der Waals surface area contributed by atoms with Gasteiger partial charge in [0.15, 0.2) is 0 Å². The van der Waals surface area contributed by atoms with E-state index in [0.29, 0.717) is 18.9 Å². The Morgan fingerprint density at radius 2 is 1.93 bits per heavy atom. The van der Waals surface area contributed by atoms with E-state index >= 15 is 0 Å². The van der Waals surface area contributed by atoms with Crippen LogP contribution in [0, 0.1) is 11.3 Å². The van der Waals surface area contributed by atoms with Crippen molar-refractivity contribution in [3.63, 3.8) is 0 Å². The molecular formula is C22H30N2O3. The summed E-state index contributed by atoms with van der Waals surface area (Å²) in [6, 6.07) is 6.34. The maximum Gasteiger partial charge on any atom is 0.306 e. The van der Waals surface area contributed by atoms with E-state index in [9.17, 15) is 9.59 Å². The fourth-order valence-corrected chi connectivity index (χ4v) is 4.81. The van der Waals surface area contributed by atoms with Crippen LogP contribution in [0.2, 0.25) is 0 Å². The van der Waals surface area contributed by atoms with Crippen molar-refractivity contribution in [3.05, 3.63) is 29.6 Å². The molecule has 1 aromatic heterocycles. The highest BCUT2D eigenvalue weighted by molar-refractivity contribution is 5.81. The van der Waals surface area contributed by atoms with Crippen molar-refractivity contribution in [1.82, 2.24) is 9.88 Å². The van der Waals surface area contributed by atoms with Gasteiger partial charge in [-0.25, -0.2) is 0 Å². The standard InChI is InChI=1S/C22H30N2O3/c1-21(2,3)18-6-4-5-17(23-18)15-7-9-24(10-8-15)20(26)16-11-22(12-16)13-19(25)27-14-22/h4-6,15-16H,7-14H2,1-3H3. The van der Waals surface area contributed by atoms with Crippen molar-refractivity contribution in [1.29, 1.82) is 0 Å². The summed E-state index contributed by atoms with van der Waals surface area (Å²) in [5.74, 6) is 0.685. The van der Waals surface area contributed by atoms with Crippen LogP contribution in [0.15, 0.2) is 18.2 Å². The summed E-state index contributed by atoms with van der Waals surface area (Å²) in [5.41, 5.74) is 2.32. The van der Waals surface area contributed by atoms with Gasteiger partial charge in [-0.05, 0) is 37.8 Å². The summed E-state index contributed by atoms with van der Waals surface area (Å²) in [5, 5.41) is 0. The Kier molecular flexibility index (Phi) is 4.52. The predicted molar refractivity (Wildman–Crippen MR) is 102 cm³/mol. The number of hydrogen-bond donors (Lipinski definition) is 0. The number of aromatic nitrogens is 1. The minimum Gasteiger partial charge on any atom is -0.465 e. The fraction of sp³-hybridized carbons (Fsp3) is 0.682. The summed E-state index contributed by atoms with van der Waals surface area (Å²) in [6.45, 7) is 8.69. The molecule has 1 saturated carbocycles. The lowest BCUT2D eigenvalue weighted by molar-refractivity contribution is -0.144.